The van der Waals surface area contributed by atoms with Crippen molar-refractivity contribution in [1.29, 1.82) is 0 Å². The molecule has 0 saturated heterocycles. The van der Waals surface area contributed by atoms with E-state index in [4.69, 9.17) is 10.5 Å². The Hall–Kier alpha value is -1.55. The van der Waals surface area contributed by atoms with Crippen LogP contribution in [0.15, 0.2) is 24.3 Å². The number of ether oxygens (including phenoxy) is 1. The van der Waals surface area contributed by atoms with Crippen LogP contribution in [0.5, 0.6) is 5.75 Å². The summed E-state index contributed by atoms with van der Waals surface area (Å²) >= 11 is 0. The van der Waals surface area contributed by atoms with Gasteiger partial charge in [0.25, 0.3) is 0 Å². The molecule has 0 saturated carbocycles. The first kappa shape index (κ1) is 14.5. The molecule has 0 heterocycles. The van der Waals surface area contributed by atoms with Gasteiger partial charge in [-0.3, -0.25) is 4.79 Å². The number of nitrogens with two attached hydrogens (primary N) is 1. The van der Waals surface area contributed by atoms with Gasteiger partial charge in [-0.15, -0.1) is 0 Å². The van der Waals surface area contributed by atoms with Crippen LogP contribution < -0.4 is 15.8 Å². The molecule has 1 aromatic rings. The molecule has 4 heteroatoms. The number of anilines is 1. The number of hydrogen-bond acceptors (Lipinski definition) is 3. The van der Waals surface area contributed by atoms with Crippen LogP contribution in [0.25, 0.3) is 0 Å². The highest BCUT2D eigenvalue weighted by Crippen LogP contribution is 2.18. The maximum atomic E-state index is 11.7. The summed E-state index contributed by atoms with van der Waals surface area (Å²) in [5.74, 6) is 0.546. The summed E-state index contributed by atoms with van der Waals surface area (Å²) in [6, 6.07) is 7.34. The van der Waals surface area contributed by atoms with Crippen LogP contribution in [-0.4, -0.2) is 18.1 Å². The van der Waals surface area contributed by atoms with Gasteiger partial charge in [-0.25, -0.2) is 0 Å². The number of rotatable bonds is 6. The molecule has 18 heavy (non-hydrogen) atoms. The van der Waals surface area contributed by atoms with Gasteiger partial charge in [0.1, 0.15) is 5.75 Å². The fourth-order valence-corrected chi connectivity index (χ4v) is 1.29. The molecule has 1 aromatic carbocycles. The predicted octanol–water partition coefficient (Wildman–Crippen LogP) is 2.54. The van der Waals surface area contributed by atoms with Gasteiger partial charge in [-0.05, 0) is 32.4 Å². The van der Waals surface area contributed by atoms with Crippen LogP contribution in [-0.2, 0) is 4.79 Å². The molecule has 100 valence electrons. The van der Waals surface area contributed by atoms with Crippen molar-refractivity contribution in [2.75, 3.05) is 11.9 Å². The number of carbonyl (C=O) groups is 1. The average molecular weight is 250 g/mol. The van der Waals surface area contributed by atoms with E-state index in [9.17, 15) is 4.79 Å². The van der Waals surface area contributed by atoms with Crippen molar-refractivity contribution in [2.45, 2.75) is 39.2 Å². The molecule has 3 N–H and O–H groups in total. The minimum Gasteiger partial charge on any atom is -0.494 e. The summed E-state index contributed by atoms with van der Waals surface area (Å²) < 4.78 is 5.57. The third-order valence-corrected chi connectivity index (χ3v) is 2.44. The summed E-state index contributed by atoms with van der Waals surface area (Å²) in [4.78, 5) is 11.7. The van der Waals surface area contributed by atoms with E-state index in [-0.39, 0.29) is 5.91 Å². The van der Waals surface area contributed by atoms with Gasteiger partial charge < -0.3 is 15.8 Å². The van der Waals surface area contributed by atoms with E-state index in [2.05, 4.69) is 12.2 Å². The highest BCUT2D eigenvalue weighted by atomic mass is 16.5. The third kappa shape index (κ3) is 4.75. The quantitative estimate of drug-likeness (QED) is 0.763. The zero-order chi connectivity index (χ0) is 13.6. The van der Waals surface area contributed by atoms with E-state index in [1.54, 1.807) is 19.9 Å². The van der Waals surface area contributed by atoms with E-state index < -0.39 is 5.54 Å². The number of unbranched alkanes of at least 4 members (excludes halogenated alkanes) is 1. The van der Waals surface area contributed by atoms with Gasteiger partial charge in [-0.1, -0.05) is 19.4 Å². The first-order valence-electron chi connectivity index (χ1n) is 6.26. The smallest absolute Gasteiger partial charge is 0.243 e. The Bertz CT molecular complexity index is 397. The van der Waals surface area contributed by atoms with Crippen molar-refractivity contribution >= 4 is 11.6 Å². The minimum absolute atomic E-state index is 0.215. The van der Waals surface area contributed by atoms with Gasteiger partial charge in [0, 0.05) is 11.8 Å². The highest BCUT2D eigenvalue weighted by Gasteiger charge is 2.21. The third-order valence-electron chi connectivity index (χ3n) is 2.44. The molecule has 0 aliphatic rings. The van der Waals surface area contributed by atoms with Crippen LogP contribution >= 0.6 is 0 Å². The second-order valence-corrected chi connectivity index (χ2v) is 4.91. The Morgan fingerprint density at radius 1 is 1.44 bits per heavy atom. The summed E-state index contributed by atoms with van der Waals surface area (Å²) in [5.41, 5.74) is 5.53. The van der Waals surface area contributed by atoms with Gasteiger partial charge in [0.15, 0.2) is 0 Å². The Morgan fingerprint density at radius 3 is 2.78 bits per heavy atom. The minimum atomic E-state index is -0.890. The molecule has 0 aliphatic heterocycles. The molecule has 0 radical (unpaired) electrons. The summed E-state index contributed by atoms with van der Waals surface area (Å²) in [6.07, 6.45) is 2.12. The molecule has 1 amide bonds. The summed E-state index contributed by atoms with van der Waals surface area (Å²) in [7, 11) is 0. The van der Waals surface area contributed by atoms with E-state index in [1.807, 2.05) is 18.2 Å². The molecule has 4 nitrogen and oxygen atoms in total. The van der Waals surface area contributed by atoms with E-state index in [0.29, 0.717) is 12.3 Å². The Morgan fingerprint density at radius 2 is 2.17 bits per heavy atom. The van der Waals surface area contributed by atoms with Gasteiger partial charge >= 0.3 is 0 Å². The molecule has 0 aromatic heterocycles. The van der Waals surface area contributed by atoms with Crippen molar-refractivity contribution < 1.29 is 9.53 Å². The Balaban J connectivity index is 2.62. The fraction of sp³-hybridized carbons (Fsp3) is 0.500. The van der Waals surface area contributed by atoms with Crippen LogP contribution in [0.2, 0.25) is 0 Å². The maximum Gasteiger partial charge on any atom is 0.243 e. The van der Waals surface area contributed by atoms with Crippen molar-refractivity contribution in [3.8, 4) is 5.75 Å². The zero-order valence-corrected chi connectivity index (χ0v) is 11.3. The van der Waals surface area contributed by atoms with Crippen LogP contribution in [0.3, 0.4) is 0 Å². The predicted molar refractivity (Wildman–Crippen MR) is 73.7 cm³/mol. The lowest BCUT2D eigenvalue weighted by atomic mass is 10.1. The molecule has 0 bridgehead atoms. The van der Waals surface area contributed by atoms with E-state index in [0.717, 1.165) is 18.6 Å². The van der Waals surface area contributed by atoms with Crippen LogP contribution in [0.1, 0.15) is 33.6 Å². The van der Waals surface area contributed by atoms with Crippen LogP contribution in [0.4, 0.5) is 5.69 Å². The monoisotopic (exact) mass is 250 g/mol. The molecule has 0 unspecified atom stereocenters. The van der Waals surface area contributed by atoms with E-state index in [1.165, 1.54) is 0 Å². The normalized spacial score (nSPS) is 11.1. The van der Waals surface area contributed by atoms with Crippen LogP contribution in [0, 0.1) is 0 Å². The molecular weight excluding hydrogens is 228 g/mol. The molecule has 0 atom stereocenters. The van der Waals surface area contributed by atoms with Crippen molar-refractivity contribution in [3.63, 3.8) is 0 Å². The van der Waals surface area contributed by atoms with Gasteiger partial charge in [0.2, 0.25) is 5.91 Å². The van der Waals surface area contributed by atoms with Crippen molar-refractivity contribution in [3.05, 3.63) is 24.3 Å². The fourth-order valence-electron chi connectivity index (χ4n) is 1.29. The first-order chi connectivity index (χ1) is 8.43. The lowest BCUT2D eigenvalue weighted by Crippen LogP contribution is -2.45. The SMILES string of the molecule is CCCCOc1cccc(NC(=O)C(C)(C)N)c1. The highest BCUT2D eigenvalue weighted by molar-refractivity contribution is 5.97. The first-order valence-corrected chi connectivity index (χ1v) is 6.26. The standard InChI is InChI=1S/C14H22N2O2/c1-4-5-9-18-12-8-6-7-11(10-12)16-13(17)14(2,3)15/h6-8,10H,4-5,9,15H2,1-3H3,(H,16,17). The number of nitrogens with one attached hydrogen (secondary N) is 1. The number of amides is 1. The molecule has 1 rings (SSSR count). The van der Waals surface area contributed by atoms with Gasteiger partial charge in [-0.2, -0.15) is 0 Å². The average Bonchev–Trinajstić information content (AvgIpc) is 2.28. The molecular formula is C14H22N2O2. The number of benzene rings is 1. The van der Waals surface area contributed by atoms with Crippen molar-refractivity contribution in [1.82, 2.24) is 0 Å². The molecule has 0 aliphatic carbocycles. The largest absolute Gasteiger partial charge is 0.494 e. The zero-order valence-electron chi connectivity index (χ0n) is 11.3. The summed E-state index contributed by atoms with van der Waals surface area (Å²) in [5, 5.41) is 2.77. The van der Waals surface area contributed by atoms with Gasteiger partial charge in [0.05, 0.1) is 12.1 Å². The van der Waals surface area contributed by atoms with Crippen molar-refractivity contribution in [2.24, 2.45) is 5.73 Å². The second kappa shape index (κ2) is 6.40. The molecule has 0 spiro atoms. The number of hydrogen-bond donors (Lipinski definition) is 2. The maximum absolute atomic E-state index is 11.7. The lowest BCUT2D eigenvalue weighted by molar-refractivity contribution is -0.120. The summed E-state index contributed by atoms with van der Waals surface area (Å²) in [6.45, 7) is 6.15. The lowest BCUT2D eigenvalue weighted by Gasteiger charge is -2.18. The second-order valence-electron chi connectivity index (χ2n) is 4.91. The Labute approximate surface area is 109 Å². The topological polar surface area (TPSA) is 64.3 Å². The molecule has 0 fully saturated rings. The van der Waals surface area contributed by atoms with E-state index >= 15 is 0 Å². The Kier molecular flexibility index (Phi) is 5.16. The number of carbonyl (C=O) groups excluding carboxylic acids is 1.